The van der Waals surface area contributed by atoms with Crippen molar-refractivity contribution in [3.63, 3.8) is 0 Å². The standard InChI is InChI=1S/C13H15N3O/c1-3-12(16-5-7-17-8-6-16)4-2-11(1)13-9-14-10-15-13/h1-4,9-10H,5-8H2,(H,14,15). The number of hydrogen-bond acceptors (Lipinski definition) is 3. The second kappa shape index (κ2) is 4.59. The fourth-order valence-corrected chi connectivity index (χ4v) is 2.08. The predicted molar refractivity (Wildman–Crippen MR) is 67.1 cm³/mol. The van der Waals surface area contributed by atoms with E-state index >= 15 is 0 Å². The summed E-state index contributed by atoms with van der Waals surface area (Å²) in [5, 5.41) is 0. The predicted octanol–water partition coefficient (Wildman–Crippen LogP) is 1.91. The summed E-state index contributed by atoms with van der Waals surface area (Å²) in [7, 11) is 0. The van der Waals surface area contributed by atoms with Gasteiger partial charge in [0.25, 0.3) is 0 Å². The third-order valence-electron chi connectivity index (χ3n) is 3.04. The minimum atomic E-state index is 0.821. The maximum Gasteiger partial charge on any atom is 0.0927 e. The van der Waals surface area contributed by atoms with E-state index in [1.54, 1.807) is 6.33 Å². The van der Waals surface area contributed by atoms with Crippen LogP contribution in [0.15, 0.2) is 36.8 Å². The zero-order valence-corrected chi connectivity index (χ0v) is 9.60. The van der Waals surface area contributed by atoms with Crippen LogP contribution in [-0.4, -0.2) is 36.3 Å². The molecule has 1 aliphatic heterocycles. The highest BCUT2D eigenvalue weighted by Gasteiger charge is 2.10. The number of morpholine rings is 1. The van der Waals surface area contributed by atoms with Crippen molar-refractivity contribution in [1.82, 2.24) is 9.97 Å². The fourth-order valence-electron chi connectivity index (χ4n) is 2.08. The van der Waals surface area contributed by atoms with Crippen LogP contribution in [0.4, 0.5) is 5.69 Å². The van der Waals surface area contributed by atoms with E-state index in [0.29, 0.717) is 0 Å². The first-order valence-electron chi connectivity index (χ1n) is 5.85. The van der Waals surface area contributed by atoms with Gasteiger partial charge in [-0.1, -0.05) is 12.1 Å². The summed E-state index contributed by atoms with van der Waals surface area (Å²) in [6, 6.07) is 8.52. The molecule has 0 unspecified atom stereocenters. The van der Waals surface area contributed by atoms with Crippen molar-refractivity contribution in [3.05, 3.63) is 36.8 Å². The topological polar surface area (TPSA) is 41.2 Å². The first-order valence-corrected chi connectivity index (χ1v) is 5.85. The maximum atomic E-state index is 5.35. The van der Waals surface area contributed by atoms with Crippen molar-refractivity contribution >= 4 is 5.69 Å². The molecule has 2 heterocycles. The third-order valence-corrected chi connectivity index (χ3v) is 3.04. The van der Waals surface area contributed by atoms with Gasteiger partial charge in [-0.05, 0) is 12.1 Å². The molecule has 1 fully saturated rings. The summed E-state index contributed by atoms with van der Waals surface area (Å²) in [5.41, 5.74) is 3.38. The molecule has 1 aliphatic rings. The molecule has 1 saturated heterocycles. The van der Waals surface area contributed by atoms with Gasteiger partial charge >= 0.3 is 0 Å². The van der Waals surface area contributed by atoms with Gasteiger partial charge in [0.1, 0.15) is 0 Å². The van der Waals surface area contributed by atoms with Crippen molar-refractivity contribution < 1.29 is 4.74 Å². The van der Waals surface area contributed by atoms with Gasteiger partial charge < -0.3 is 14.6 Å². The Labute approximate surface area is 100 Å². The number of nitrogens with zero attached hydrogens (tertiary/aromatic N) is 2. The quantitative estimate of drug-likeness (QED) is 0.855. The van der Waals surface area contributed by atoms with Gasteiger partial charge in [0.15, 0.2) is 0 Å². The number of imidazole rings is 1. The molecule has 1 aromatic carbocycles. The highest BCUT2D eigenvalue weighted by Crippen LogP contribution is 2.21. The van der Waals surface area contributed by atoms with Crippen LogP contribution in [0.25, 0.3) is 11.3 Å². The number of aromatic amines is 1. The molecule has 1 aromatic heterocycles. The van der Waals surface area contributed by atoms with E-state index in [0.717, 1.165) is 37.6 Å². The summed E-state index contributed by atoms with van der Waals surface area (Å²) in [6.45, 7) is 3.59. The van der Waals surface area contributed by atoms with E-state index in [2.05, 4.69) is 39.1 Å². The lowest BCUT2D eigenvalue weighted by molar-refractivity contribution is 0.122. The molecule has 0 atom stereocenters. The molecular weight excluding hydrogens is 214 g/mol. The number of aromatic nitrogens is 2. The van der Waals surface area contributed by atoms with Crippen molar-refractivity contribution in [3.8, 4) is 11.3 Å². The Bertz CT molecular complexity index is 458. The lowest BCUT2D eigenvalue weighted by Gasteiger charge is -2.28. The zero-order chi connectivity index (χ0) is 11.5. The molecule has 2 aromatic rings. The second-order valence-corrected chi connectivity index (χ2v) is 4.10. The first kappa shape index (κ1) is 10.4. The fraction of sp³-hybridized carbons (Fsp3) is 0.308. The van der Waals surface area contributed by atoms with Gasteiger partial charge in [-0.25, -0.2) is 4.98 Å². The molecule has 4 nitrogen and oxygen atoms in total. The normalized spacial score (nSPS) is 16.1. The molecule has 3 rings (SSSR count). The molecule has 88 valence electrons. The number of ether oxygens (including phenoxy) is 1. The SMILES string of the molecule is c1nc(-c2ccc(N3CCOCC3)cc2)c[nH]1. The smallest absolute Gasteiger partial charge is 0.0927 e. The molecule has 0 spiro atoms. The average molecular weight is 229 g/mol. The van der Waals surface area contributed by atoms with E-state index in [4.69, 9.17) is 4.74 Å². The van der Waals surface area contributed by atoms with Crippen molar-refractivity contribution in [2.24, 2.45) is 0 Å². The van der Waals surface area contributed by atoms with Gasteiger partial charge in [0.05, 0.1) is 25.2 Å². The van der Waals surface area contributed by atoms with Crippen LogP contribution in [-0.2, 0) is 4.74 Å². The molecule has 0 amide bonds. The van der Waals surface area contributed by atoms with Crippen LogP contribution in [0, 0.1) is 0 Å². The molecule has 17 heavy (non-hydrogen) atoms. The molecule has 0 radical (unpaired) electrons. The number of rotatable bonds is 2. The molecule has 0 saturated carbocycles. The minimum Gasteiger partial charge on any atom is -0.378 e. The van der Waals surface area contributed by atoms with E-state index in [1.807, 2.05) is 6.20 Å². The average Bonchev–Trinajstić information content (AvgIpc) is 2.94. The van der Waals surface area contributed by atoms with Crippen LogP contribution < -0.4 is 4.90 Å². The number of nitrogens with one attached hydrogen (secondary N) is 1. The second-order valence-electron chi connectivity index (χ2n) is 4.10. The van der Waals surface area contributed by atoms with Crippen LogP contribution in [0.1, 0.15) is 0 Å². The molecular formula is C13H15N3O. The minimum absolute atomic E-state index is 0.821. The molecule has 4 heteroatoms. The largest absolute Gasteiger partial charge is 0.378 e. The number of anilines is 1. The Kier molecular flexibility index (Phi) is 2.80. The maximum absolute atomic E-state index is 5.35. The van der Waals surface area contributed by atoms with Crippen LogP contribution in [0.2, 0.25) is 0 Å². The molecule has 1 N–H and O–H groups in total. The number of hydrogen-bond donors (Lipinski definition) is 1. The zero-order valence-electron chi connectivity index (χ0n) is 9.60. The lowest BCUT2D eigenvalue weighted by Crippen LogP contribution is -2.36. The Hall–Kier alpha value is -1.81. The van der Waals surface area contributed by atoms with Crippen LogP contribution in [0.3, 0.4) is 0 Å². The lowest BCUT2D eigenvalue weighted by atomic mass is 10.1. The summed E-state index contributed by atoms with van der Waals surface area (Å²) >= 11 is 0. The summed E-state index contributed by atoms with van der Waals surface area (Å²) in [4.78, 5) is 9.55. The van der Waals surface area contributed by atoms with E-state index in [1.165, 1.54) is 5.69 Å². The first-order chi connectivity index (χ1) is 8.43. The van der Waals surface area contributed by atoms with E-state index < -0.39 is 0 Å². The molecule has 0 bridgehead atoms. The van der Waals surface area contributed by atoms with Gasteiger partial charge in [0.2, 0.25) is 0 Å². The highest BCUT2D eigenvalue weighted by atomic mass is 16.5. The Morgan fingerprint density at radius 3 is 2.53 bits per heavy atom. The Balaban J connectivity index is 1.80. The van der Waals surface area contributed by atoms with Crippen molar-refractivity contribution in [2.75, 3.05) is 31.2 Å². The summed E-state index contributed by atoms with van der Waals surface area (Å²) < 4.78 is 5.35. The van der Waals surface area contributed by atoms with Crippen LogP contribution >= 0.6 is 0 Å². The van der Waals surface area contributed by atoms with Gasteiger partial charge in [-0.15, -0.1) is 0 Å². The Morgan fingerprint density at radius 2 is 1.88 bits per heavy atom. The van der Waals surface area contributed by atoms with E-state index in [9.17, 15) is 0 Å². The van der Waals surface area contributed by atoms with Gasteiger partial charge in [0, 0.05) is 30.5 Å². The number of benzene rings is 1. The third kappa shape index (κ3) is 2.17. The summed E-state index contributed by atoms with van der Waals surface area (Å²) in [5.74, 6) is 0. The van der Waals surface area contributed by atoms with Crippen molar-refractivity contribution in [2.45, 2.75) is 0 Å². The van der Waals surface area contributed by atoms with E-state index in [-0.39, 0.29) is 0 Å². The van der Waals surface area contributed by atoms with Crippen molar-refractivity contribution in [1.29, 1.82) is 0 Å². The summed E-state index contributed by atoms with van der Waals surface area (Å²) in [6.07, 6.45) is 3.61. The highest BCUT2D eigenvalue weighted by molar-refractivity contribution is 5.62. The molecule has 0 aliphatic carbocycles. The monoisotopic (exact) mass is 229 g/mol. The van der Waals surface area contributed by atoms with Gasteiger partial charge in [-0.3, -0.25) is 0 Å². The van der Waals surface area contributed by atoms with Crippen LogP contribution in [0.5, 0.6) is 0 Å². The number of H-pyrrole nitrogens is 1. The van der Waals surface area contributed by atoms with Gasteiger partial charge in [-0.2, -0.15) is 0 Å². The Morgan fingerprint density at radius 1 is 1.12 bits per heavy atom.